The zero-order valence-corrected chi connectivity index (χ0v) is 10.6. The number of nitrogens with two attached hydrogens (primary N) is 1. The molecule has 2 rings (SSSR count). The Morgan fingerprint density at radius 3 is 2.69 bits per heavy atom. The first-order valence-corrected chi connectivity index (χ1v) is 6.12. The molecule has 0 saturated heterocycles. The number of halogens is 1. The van der Waals surface area contributed by atoms with E-state index in [4.69, 9.17) is 5.73 Å². The zero-order chi connectivity index (χ0) is 9.80. The van der Waals surface area contributed by atoms with Crippen molar-refractivity contribution < 1.29 is 0 Å². The van der Waals surface area contributed by atoms with Gasteiger partial charge in [-0.1, -0.05) is 20.8 Å². The lowest BCUT2D eigenvalue weighted by Crippen LogP contribution is -2.10. The molecule has 1 aromatic rings. The summed E-state index contributed by atoms with van der Waals surface area (Å²) in [7, 11) is 0. The molecule has 0 bridgehead atoms. The first-order chi connectivity index (χ1) is 5.93. The van der Waals surface area contributed by atoms with E-state index in [9.17, 15) is 0 Å². The average Bonchev–Trinajstić information content (AvgIpc) is 2.38. The number of anilines is 1. The molecule has 1 unspecified atom stereocenters. The SMILES string of the molecule is CC1CC(C)(C)c2sc(Br)c(N)c21. The Kier molecular flexibility index (Phi) is 2.01. The molecule has 0 radical (unpaired) electrons. The number of hydrogen-bond acceptors (Lipinski definition) is 2. The molecule has 0 aromatic carbocycles. The largest absolute Gasteiger partial charge is 0.397 e. The summed E-state index contributed by atoms with van der Waals surface area (Å²) in [6, 6.07) is 0. The Hall–Kier alpha value is -0.0200. The van der Waals surface area contributed by atoms with Gasteiger partial charge in [0.25, 0.3) is 0 Å². The van der Waals surface area contributed by atoms with E-state index in [2.05, 4.69) is 36.7 Å². The number of rotatable bonds is 0. The fraction of sp³-hybridized carbons (Fsp3) is 0.600. The summed E-state index contributed by atoms with van der Waals surface area (Å²) in [5.41, 5.74) is 8.71. The lowest BCUT2D eigenvalue weighted by Gasteiger charge is -2.17. The van der Waals surface area contributed by atoms with Gasteiger partial charge in [-0.3, -0.25) is 0 Å². The van der Waals surface area contributed by atoms with Crippen LogP contribution in [0.2, 0.25) is 0 Å². The topological polar surface area (TPSA) is 26.0 Å². The first-order valence-electron chi connectivity index (χ1n) is 4.51. The van der Waals surface area contributed by atoms with Crippen molar-refractivity contribution >= 4 is 33.0 Å². The van der Waals surface area contributed by atoms with Crippen LogP contribution in [0.1, 0.15) is 43.6 Å². The van der Waals surface area contributed by atoms with Crippen LogP contribution in [-0.2, 0) is 5.41 Å². The third-order valence-corrected chi connectivity index (χ3v) is 5.15. The minimum atomic E-state index is 0.319. The van der Waals surface area contributed by atoms with E-state index >= 15 is 0 Å². The summed E-state index contributed by atoms with van der Waals surface area (Å²) in [4.78, 5) is 1.48. The molecule has 1 aliphatic carbocycles. The van der Waals surface area contributed by atoms with Crippen LogP contribution in [0.25, 0.3) is 0 Å². The van der Waals surface area contributed by atoms with E-state index in [1.165, 1.54) is 16.9 Å². The molecule has 0 spiro atoms. The van der Waals surface area contributed by atoms with Crippen molar-refractivity contribution in [3.05, 3.63) is 14.2 Å². The lowest BCUT2D eigenvalue weighted by atomic mass is 9.91. The van der Waals surface area contributed by atoms with Crippen LogP contribution in [0.3, 0.4) is 0 Å². The van der Waals surface area contributed by atoms with Crippen molar-refractivity contribution in [3.8, 4) is 0 Å². The summed E-state index contributed by atoms with van der Waals surface area (Å²) in [5, 5.41) is 0. The van der Waals surface area contributed by atoms with E-state index in [1.54, 1.807) is 11.3 Å². The normalized spacial score (nSPS) is 24.8. The smallest absolute Gasteiger partial charge is 0.0933 e. The van der Waals surface area contributed by atoms with Crippen LogP contribution in [0.15, 0.2) is 3.79 Å². The van der Waals surface area contributed by atoms with Gasteiger partial charge in [0.2, 0.25) is 0 Å². The molecule has 72 valence electrons. The molecule has 1 nitrogen and oxygen atoms in total. The molecule has 0 aliphatic heterocycles. The molecule has 13 heavy (non-hydrogen) atoms. The third kappa shape index (κ3) is 1.24. The molecule has 2 N–H and O–H groups in total. The van der Waals surface area contributed by atoms with Crippen LogP contribution in [-0.4, -0.2) is 0 Å². The minimum absolute atomic E-state index is 0.319. The predicted molar refractivity (Wildman–Crippen MR) is 62.5 cm³/mol. The lowest BCUT2D eigenvalue weighted by molar-refractivity contribution is 0.495. The van der Waals surface area contributed by atoms with Crippen molar-refractivity contribution in [3.63, 3.8) is 0 Å². The highest BCUT2D eigenvalue weighted by Gasteiger charge is 2.38. The molecule has 1 aromatic heterocycles. The summed E-state index contributed by atoms with van der Waals surface area (Å²) >= 11 is 5.32. The van der Waals surface area contributed by atoms with Crippen LogP contribution in [0.4, 0.5) is 5.69 Å². The highest BCUT2D eigenvalue weighted by molar-refractivity contribution is 9.11. The fourth-order valence-corrected chi connectivity index (χ4v) is 4.26. The Morgan fingerprint density at radius 2 is 2.15 bits per heavy atom. The number of nitrogen functional groups attached to an aromatic ring is 1. The van der Waals surface area contributed by atoms with Crippen molar-refractivity contribution in [1.82, 2.24) is 0 Å². The van der Waals surface area contributed by atoms with E-state index < -0.39 is 0 Å². The van der Waals surface area contributed by atoms with Crippen molar-refractivity contribution in [2.24, 2.45) is 0 Å². The standard InChI is InChI=1S/C10H14BrNS/c1-5-4-10(2,3)8-6(5)7(12)9(11)13-8/h5H,4,12H2,1-3H3. The molecular weight excluding hydrogens is 246 g/mol. The molecule has 1 atom stereocenters. The monoisotopic (exact) mass is 259 g/mol. The van der Waals surface area contributed by atoms with Crippen LogP contribution in [0.5, 0.6) is 0 Å². The first kappa shape index (κ1) is 9.53. The summed E-state index contributed by atoms with van der Waals surface area (Å²) in [5.74, 6) is 0.618. The van der Waals surface area contributed by atoms with Gasteiger partial charge in [-0.25, -0.2) is 0 Å². The zero-order valence-electron chi connectivity index (χ0n) is 8.15. The van der Waals surface area contributed by atoms with E-state index in [0.717, 1.165) is 9.47 Å². The fourth-order valence-electron chi connectivity index (χ4n) is 2.38. The Morgan fingerprint density at radius 1 is 1.54 bits per heavy atom. The number of thiophene rings is 1. The van der Waals surface area contributed by atoms with Gasteiger partial charge in [-0.05, 0) is 33.8 Å². The quantitative estimate of drug-likeness (QED) is 0.752. The molecule has 0 saturated carbocycles. The van der Waals surface area contributed by atoms with Gasteiger partial charge in [0.05, 0.1) is 9.47 Å². The predicted octanol–water partition coefficient (Wildman–Crippen LogP) is 3.88. The Labute approximate surface area is 91.5 Å². The maximum absolute atomic E-state index is 6.03. The second-order valence-corrected chi connectivity index (χ2v) is 6.86. The maximum Gasteiger partial charge on any atom is 0.0933 e. The maximum atomic E-state index is 6.03. The van der Waals surface area contributed by atoms with Crippen molar-refractivity contribution in [1.29, 1.82) is 0 Å². The molecular formula is C10H14BrNS. The van der Waals surface area contributed by atoms with Crippen molar-refractivity contribution in [2.75, 3.05) is 5.73 Å². The average molecular weight is 260 g/mol. The molecule has 3 heteroatoms. The van der Waals surface area contributed by atoms with E-state index in [0.29, 0.717) is 11.3 Å². The van der Waals surface area contributed by atoms with E-state index in [-0.39, 0.29) is 0 Å². The van der Waals surface area contributed by atoms with Crippen LogP contribution >= 0.6 is 27.3 Å². The highest BCUT2D eigenvalue weighted by atomic mass is 79.9. The van der Waals surface area contributed by atoms with Crippen molar-refractivity contribution in [2.45, 2.75) is 38.5 Å². The third-order valence-electron chi connectivity index (χ3n) is 2.86. The second kappa shape index (κ2) is 2.74. The summed E-state index contributed by atoms with van der Waals surface area (Å²) in [6.45, 7) is 6.87. The molecule has 0 fully saturated rings. The van der Waals surface area contributed by atoms with Gasteiger partial charge in [0, 0.05) is 10.3 Å². The number of fused-ring (bicyclic) bond motifs is 1. The minimum Gasteiger partial charge on any atom is -0.397 e. The molecule has 0 amide bonds. The van der Waals surface area contributed by atoms with Crippen LogP contribution < -0.4 is 5.73 Å². The van der Waals surface area contributed by atoms with Gasteiger partial charge < -0.3 is 5.73 Å². The van der Waals surface area contributed by atoms with Gasteiger partial charge in [0.1, 0.15) is 0 Å². The summed E-state index contributed by atoms with van der Waals surface area (Å²) < 4.78 is 1.11. The van der Waals surface area contributed by atoms with Gasteiger partial charge in [0.15, 0.2) is 0 Å². The molecule has 1 heterocycles. The Bertz CT molecular complexity index is 354. The van der Waals surface area contributed by atoms with Gasteiger partial charge >= 0.3 is 0 Å². The summed E-state index contributed by atoms with van der Waals surface area (Å²) in [6.07, 6.45) is 1.23. The van der Waals surface area contributed by atoms with Gasteiger partial charge in [-0.15, -0.1) is 11.3 Å². The number of hydrogen-bond donors (Lipinski definition) is 1. The van der Waals surface area contributed by atoms with Gasteiger partial charge in [-0.2, -0.15) is 0 Å². The molecule has 1 aliphatic rings. The van der Waals surface area contributed by atoms with E-state index in [1.807, 2.05) is 0 Å². The highest BCUT2D eigenvalue weighted by Crippen LogP contribution is 2.54. The Balaban J connectivity index is 2.64. The second-order valence-electron chi connectivity index (χ2n) is 4.52. The van der Waals surface area contributed by atoms with Crippen LogP contribution in [0, 0.1) is 0 Å².